The smallest absolute Gasteiger partial charge is 0.266 e. The van der Waals surface area contributed by atoms with Crippen molar-refractivity contribution in [1.82, 2.24) is 24.7 Å². The molecule has 1 atom stereocenters. The number of anilines is 1. The Hall–Kier alpha value is -3.09. The van der Waals surface area contributed by atoms with Crippen LogP contribution >= 0.6 is 0 Å². The Kier molecular flexibility index (Phi) is 4.58. The lowest BCUT2D eigenvalue weighted by molar-refractivity contribution is 0.488. The minimum Gasteiger partial charge on any atom is -0.352 e. The highest BCUT2D eigenvalue weighted by atomic mass is 16.1. The maximum Gasteiger partial charge on any atom is 0.266 e. The summed E-state index contributed by atoms with van der Waals surface area (Å²) in [6, 6.07) is 9.45. The maximum atomic E-state index is 12.5. The van der Waals surface area contributed by atoms with Crippen LogP contribution in [-0.2, 0) is 6.54 Å². The van der Waals surface area contributed by atoms with Crippen LogP contribution in [0.3, 0.4) is 0 Å². The van der Waals surface area contributed by atoms with Crippen molar-refractivity contribution < 1.29 is 0 Å². The number of rotatable bonds is 5. The van der Waals surface area contributed by atoms with Gasteiger partial charge >= 0.3 is 0 Å². The van der Waals surface area contributed by atoms with E-state index < -0.39 is 0 Å². The first-order valence-corrected chi connectivity index (χ1v) is 10.3. The van der Waals surface area contributed by atoms with Crippen LogP contribution in [0.1, 0.15) is 43.1 Å². The highest BCUT2D eigenvalue weighted by Crippen LogP contribution is 2.39. The molecule has 0 radical (unpaired) electrons. The molecule has 148 valence electrons. The summed E-state index contributed by atoms with van der Waals surface area (Å²) < 4.78 is 1.59. The Labute approximate surface area is 169 Å². The van der Waals surface area contributed by atoms with E-state index >= 15 is 0 Å². The molecule has 1 unspecified atom stereocenters. The summed E-state index contributed by atoms with van der Waals surface area (Å²) >= 11 is 0. The SMILES string of the molecule is Cc1cc(N2CCCC2Cn2nc(-c3ccncc3)ccc2=O)nc(C2CC2)n1. The third-order valence-electron chi connectivity index (χ3n) is 5.70. The van der Waals surface area contributed by atoms with Gasteiger partial charge in [0.2, 0.25) is 0 Å². The summed E-state index contributed by atoms with van der Waals surface area (Å²) in [7, 11) is 0. The van der Waals surface area contributed by atoms with Gasteiger partial charge in [0.15, 0.2) is 0 Å². The van der Waals surface area contributed by atoms with Gasteiger partial charge in [-0.1, -0.05) is 0 Å². The molecule has 2 fully saturated rings. The molecule has 1 aliphatic carbocycles. The maximum absolute atomic E-state index is 12.5. The van der Waals surface area contributed by atoms with Crippen LogP contribution in [0.25, 0.3) is 11.3 Å². The van der Waals surface area contributed by atoms with Crippen molar-refractivity contribution >= 4 is 5.82 Å². The summed E-state index contributed by atoms with van der Waals surface area (Å²) in [5.41, 5.74) is 2.67. The van der Waals surface area contributed by atoms with Crippen molar-refractivity contribution in [3.8, 4) is 11.3 Å². The fourth-order valence-corrected chi connectivity index (χ4v) is 4.03. The fourth-order valence-electron chi connectivity index (χ4n) is 4.03. The molecule has 3 aromatic heterocycles. The molecule has 4 heterocycles. The average Bonchev–Trinajstić information content (AvgIpc) is 3.49. The van der Waals surface area contributed by atoms with E-state index in [1.54, 1.807) is 29.2 Å². The number of nitrogens with zero attached hydrogens (tertiary/aromatic N) is 6. The largest absolute Gasteiger partial charge is 0.352 e. The average molecular weight is 388 g/mol. The molecule has 3 aromatic rings. The molecule has 0 amide bonds. The van der Waals surface area contributed by atoms with Crippen LogP contribution in [0.4, 0.5) is 5.82 Å². The minimum atomic E-state index is -0.0767. The van der Waals surface area contributed by atoms with Gasteiger partial charge in [0, 0.05) is 48.2 Å². The normalized spacial score (nSPS) is 18.9. The quantitative estimate of drug-likeness (QED) is 0.669. The second-order valence-electron chi connectivity index (χ2n) is 7.96. The topological polar surface area (TPSA) is 76.8 Å². The van der Waals surface area contributed by atoms with E-state index in [1.807, 2.05) is 19.1 Å². The van der Waals surface area contributed by atoms with E-state index in [1.165, 1.54) is 12.8 Å². The van der Waals surface area contributed by atoms with Crippen molar-refractivity contribution in [3.05, 3.63) is 64.6 Å². The fraction of sp³-hybridized carbons (Fsp3) is 0.409. The summed E-state index contributed by atoms with van der Waals surface area (Å²) in [6.07, 6.45) is 7.96. The molecule has 0 bridgehead atoms. The molecule has 7 nitrogen and oxygen atoms in total. The Balaban J connectivity index is 1.42. The summed E-state index contributed by atoms with van der Waals surface area (Å²) in [5, 5.41) is 4.62. The van der Waals surface area contributed by atoms with E-state index in [0.717, 1.165) is 48.0 Å². The van der Waals surface area contributed by atoms with E-state index in [-0.39, 0.29) is 11.6 Å². The minimum absolute atomic E-state index is 0.0767. The van der Waals surface area contributed by atoms with Crippen LogP contribution in [-0.4, -0.2) is 37.3 Å². The molecule has 1 saturated heterocycles. The van der Waals surface area contributed by atoms with Crippen molar-refractivity contribution in [3.63, 3.8) is 0 Å². The van der Waals surface area contributed by atoms with Gasteiger partial charge in [0.05, 0.1) is 18.3 Å². The van der Waals surface area contributed by atoms with Crippen LogP contribution in [0.15, 0.2) is 47.5 Å². The molecule has 29 heavy (non-hydrogen) atoms. The number of aryl methyl sites for hydroxylation is 1. The molecule has 1 saturated carbocycles. The van der Waals surface area contributed by atoms with E-state index in [2.05, 4.69) is 26.0 Å². The molecule has 0 spiro atoms. The standard InChI is InChI=1S/C22H24N6O/c1-15-13-20(25-22(24-15)17-4-5-17)27-12-2-3-18(27)14-28-21(29)7-6-19(26-28)16-8-10-23-11-9-16/h6-11,13,17-18H,2-5,12,14H2,1H3. The van der Waals surface area contributed by atoms with E-state index in [9.17, 15) is 4.79 Å². The zero-order chi connectivity index (χ0) is 19.8. The highest BCUT2D eigenvalue weighted by Gasteiger charge is 2.30. The lowest BCUT2D eigenvalue weighted by Crippen LogP contribution is -2.37. The number of aromatic nitrogens is 5. The zero-order valence-corrected chi connectivity index (χ0v) is 16.5. The first-order valence-electron chi connectivity index (χ1n) is 10.3. The Morgan fingerprint density at radius 1 is 1.07 bits per heavy atom. The van der Waals surface area contributed by atoms with Gasteiger partial charge in [-0.3, -0.25) is 9.78 Å². The summed E-state index contributed by atoms with van der Waals surface area (Å²) in [6.45, 7) is 3.54. The van der Waals surface area contributed by atoms with Crippen molar-refractivity contribution in [2.45, 2.75) is 51.1 Å². The van der Waals surface area contributed by atoms with E-state index in [0.29, 0.717) is 12.5 Å². The summed E-state index contributed by atoms with van der Waals surface area (Å²) in [4.78, 5) is 28.3. The van der Waals surface area contributed by atoms with Gasteiger partial charge in [0.25, 0.3) is 5.56 Å². The van der Waals surface area contributed by atoms with Gasteiger partial charge in [-0.15, -0.1) is 0 Å². The Bertz CT molecular complexity index is 1080. The van der Waals surface area contributed by atoms with Gasteiger partial charge in [-0.05, 0) is 50.8 Å². The number of pyridine rings is 1. The van der Waals surface area contributed by atoms with Crippen LogP contribution in [0, 0.1) is 6.92 Å². The third kappa shape index (κ3) is 3.77. The Morgan fingerprint density at radius 3 is 2.69 bits per heavy atom. The number of hydrogen-bond donors (Lipinski definition) is 0. The van der Waals surface area contributed by atoms with Crippen LogP contribution in [0.5, 0.6) is 0 Å². The molecule has 7 heteroatoms. The third-order valence-corrected chi connectivity index (χ3v) is 5.70. The zero-order valence-electron chi connectivity index (χ0n) is 16.5. The molecule has 1 aliphatic heterocycles. The highest BCUT2D eigenvalue weighted by molar-refractivity contribution is 5.57. The predicted octanol–water partition coefficient (Wildman–Crippen LogP) is 2.95. The molecule has 5 rings (SSSR count). The monoisotopic (exact) mass is 388 g/mol. The second-order valence-corrected chi connectivity index (χ2v) is 7.96. The molecular weight excluding hydrogens is 364 g/mol. The second kappa shape index (κ2) is 7.39. The van der Waals surface area contributed by atoms with Gasteiger partial charge in [-0.25, -0.2) is 14.6 Å². The van der Waals surface area contributed by atoms with Gasteiger partial charge in [0.1, 0.15) is 11.6 Å². The van der Waals surface area contributed by atoms with E-state index in [4.69, 9.17) is 4.98 Å². The summed E-state index contributed by atoms with van der Waals surface area (Å²) in [5.74, 6) is 2.48. The first-order chi connectivity index (χ1) is 14.2. The molecule has 2 aliphatic rings. The lowest BCUT2D eigenvalue weighted by Gasteiger charge is -2.26. The Morgan fingerprint density at radius 2 is 1.90 bits per heavy atom. The van der Waals surface area contributed by atoms with Crippen LogP contribution in [0.2, 0.25) is 0 Å². The first kappa shape index (κ1) is 18.0. The van der Waals surface area contributed by atoms with Crippen molar-refractivity contribution in [2.75, 3.05) is 11.4 Å². The van der Waals surface area contributed by atoms with Gasteiger partial charge in [-0.2, -0.15) is 5.10 Å². The van der Waals surface area contributed by atoms with Crippen molar-refractivity contribution in [2.24, 2.45) is 0 Å². The number of hydrogen-bond acceptors (Lipinski definition) is 6. The molecule has 0 N–H and O–H groups in total. The van der Waals surface area contributed by atoms with Crippen molar-refractivity contribution in [1.29, 1.82) is 0 Å². The molecule has 0 aromatic carbocycles. The predicted molar refractivity (Wildman–Crippen MR) is 111 cm³/mol. The molecular formula is C22H24N6O. The van der Waals surface area contributed by atoms with Crippen LogP contribution < -0.4 is 10.5 Å². The van der Waals surface area contributed by atoms with Gasteiger partial charge < -0.3 is 4.90 Å². The lowest BCUT2D eigenvalue weighted by atomic mass is 10.2.